The first kappa shape index (κ1) is 23.1. The van der Waals surface area contributed by atoms with E-state index in [9.17, 15) is 4.79 Å². The Balaban J connectivity index is 0.00000256. The molecular weight excluding hydrogens is 398 g/mol. The molecule has 1 saturated heterocycles. The lowest BCUT2D eigenvalue weighted by molar-refractivity contribution is 0.281. The van der Waals surface area contributed by atoms with Gasteiger partial charge in [-0.1, -0.05) is 50.7 Å². The molecule has 1 aromatic heterocycles. The van der Waals surface area contributed by atoms with E-state index < -0.39 is 0 Å². The first-order valence-corrected chi connectivity index (χ1v) is 11.7. The van der Waals surface area contributed by atoms with Crippen LogP contribution in [0.15, 0.2) is 33.5 Å². The fourth-order valence-electron chi connectivity index (χ4n) is 4.93. The largest absolute Gasteiger partial charge is 0.486 e. The maximum atomic E-state index is 13.1. The normalized spacial score (nSPS) is 19.7. The van der Waals surface area contributed by atoms with Crippen molar-refractivity contribution >= 4 is 23.4 Å². The predicted octanol–water partition coefficient (Wildman–Crippen LogP) is 6.34. The Morgan fingerprint density at radius 2 is 1.73 bits per heavy atom. The topological polar surface area (TPSA) is 51.5 Å². The summed E-state index contributed by atoms with van der Waals surface area (Å²) in [4.78, 5) is 13.1. The van der Waals surface area contributed by atoms with E-state index in [2.05, 4.69) is 5.32 Å². The van der Waals surface area contributed by atoms with Crippen molar-refractivity contribution in [2.24, 2.45) is 0 Å². The van der Waals surface area contributed by atoms with E-state index in [-0.39, 0.29) is 17.8 Å². The van der Waals surface area contributed by atoms with Gasteiger partial charge < -0.3 is 14.5 Å². The van der Waals surface area contributed by atoms with Crippen molar-refractivity contribution in [1.82, 2.24) is 5.32 Å². The molecule has 2 aromatic rings. The molecule has 1 aliphatic carbocycles. The van der Waals surface area contributed by atoms with Gasteiger partial charge in [-0.15, -0.1) is 12.4 Å². The zero-order valence-corrected chi connectivity index (χ0v) is 18.8. The standard InChI is InChI=1S/C25H35NO3.ClH/c27-23-21-15-6-7-16-22(21)29-24(19-11-4-5-12-19)25(23)28-18-10-2-1-3-13-20-14-8-9-17-26-20;/h6-7,15-16,19-20,26H,1-5,8-14,17-18H2;1H. The van der Waals surface area contributed by atoms with Crippen LogP contribution < -0.4 is 15.5 Å². The zero-order chi connectivity index (χ0) is 19.9. The predicted molar refractivity (Wildman–Crippen MR) is 125 cm³/mol. The Hall–Kier alpha value is -1.52. The number of ether oxygens (including phenoxy) is 1. The van der Waals surface area contributed by atoms with Gasteiger partial charge >= 0.3 is 0 Å². The highest BCUT2D eigenvalue weighted by atomic mass is 35.5. The second kappa shape index (κ2) is 11.8. The number of para-hydroxylation sites is 1. The summed E-state index contributed by atoms with van der Waals surface area (Å²) < 4.78 is 12.3. The molecule has 1 atom stereocenters. The van der Waals surface area contributed by atoms with Crippen LogP contribution in [0, 0.1) is 0 Å². The zero-order valence-electron chi connectivity index (χ0n) is 18.0. The molecule has 1 unspecified atom stereocenters. The summed E-state index contributed by atoms with van der Waals surface area (Å²) >= 11 is 0. The lowest BCUT2D eigenvalue weighted by Gasteiger charge is -2.23. The van der Waals surface area contributed by atoms with E-state index in [1.54, 1.807) is 0 Å². The molecule has 0 radical (unpaired) electrons. The maximum absolute atomic E-state index is 13.1. The van der Waals surface area contributed by atoms with E-state index in [0.717, 1.165) is 37.5 Å². The molecule has 0 spiro atoms. The van der Waals surface area contributed by atoms with Crippen molar-refractivity contribution < 1.29 is 9.15 Å². The van der Waals surface area contributed by atoms with Crippen LogP contribution >= 0.6 is 12.4 Å². The van der Waals surface area contributed by atoms with E-state index in [0.29, 0.717) is 29.2 Å². The average molecular weight is 434 g/mol. The van der Waals surface area contributed by atoms with Gasteiger partial charge in [-0.2, -0.15) is 0 Å². The van der Waals surface area contributed by atoms with E-state index in [4.69, 9.17) is 9.15 Å². The summed E-state index contributed by atoms with van der Waals surface area (Å²) in [7, 11) is 0. The van der Waals surface area contributed by atoms with Crippen molar-refractivity contribution in [2.45, 2.75) is 89.0 Å². The van der Waals surface area contributed by atoms with Crippen LogP contribution in [0.5, 0.6) is 5.75 Å². The van der Waals surface area contributed by atoms with Crippen LogP contribution in [-0.2, 0) is 0 Å². The summed E-state index contributed by atoms with van der Waals surface area (Å²) in [6.45, 7) is 1.79. The third kappa shape index (κ3) is 5.79. The van der Waals surface area contributed by atoms with Gasteiger partial charge in [-0.05, 0) is 57.2 Å². The molecule has 2 heterocycles. The molecule has 4 rings (SSSR count). The lowest BCUT2D eigenvalue weighted by Crippen LogP contribution is -2.33. The Bertz CT molecular complexity index is 838. The number of piperidine rings is 1. The summed E-state index contributed by atoms with van der Waals surface area (Å²) in [5, 5.41) is 4.26. The maximum Gasteiger partial charge on any atom is 0.234 e. The first-order chi connectivity index (χ1) is 14.3. The van der Waals surface area contributed by atoms with Crippen LogP contribution in [0.3, 0.4) is 0 Å². The number of nitrogens with one attached hydrogen (secondary N) is 1. The van der Waals surface area contributed by atoms with Crippen LogP contribution in [0.25, 0.3) is 11.0 Å². The van der Waals surface area contributed by atoms with Crippen molar-refractivity contribution in [2.75, 3.05) is 13.2 Å². The highest BCUT2D eigenvalue weighted by Gasteiger charge is 2.26. The van der Waals surface area contributed by atoms with Crippen LogP contribution in [0.1, 0.15) is 88.7 Å². The first-order valence-electron chi connectivity index (χ1n) is 11.7. The second-order valence-electron chi connectivity index (χ2n) is 8.80. The van der Waals surface area contributed by atoms with Gasteiger partial charge in [0, 0.05) is 12.0 Å². The van der Waals surface area contributed by atoms with E-state index in [1.165, 1.54) is 57.9 Å². The SMILES string of the molecule is Cl.O=c1c(OCCCCCCC2CCCCN2)c(C2CCCC2)oc2ccccc12. The monoisotopic (exact) mass is 433 g/mol. The van der Waals surface area contributed by atoms with E-state index >= 15 is 0 Å². The Kier molecular flexibility index (Phi) is 9.07. The third-order valence-corrected chi connectivity index (χ3v) is 6.61. The molecule has 2 aliphatic rings. The minimum Gasteiger partial charge on any atom is -0.486 e. The summed E-state index contributed by atoms with van der Waals surface area (Å²) in [6, 6.07) is 8.27. The number of benzene rings is 1. The molecule has 1 aliphatic heterocycles. The number of unbranched alkanes of at least 4 members (excludes halogenated alkanes) is 3. The molecule has 1 saturated carbocycles. The van der Waals surface area contributed by atoms with Crippen molar-refractivity contribution in [1.29, 1.82) is 0 Å². The van der Waals surface area contributed by atoms with Crippen LogP contribution in [0.2, 0.25) is 0 Å². The summed E-state index contributed by atoms with van der Waals surface area (Å²) in [5.41, 5.74) is 0.681. The Labute approximate surface area is 186 Å². The quantitative estimate of drug-likeness (QED) is 0.468. The fraction of sp³-hybridized carbons (Fsp3) is 0.640. The number of rotatable bonds is 9. The molecule has 30 heavy (non-hydrogen) atoms. The van der Waals surface area contributed by atoms with Gasteiger partial charge in [0.2, 0.25) is 11.2 Å². The molecule has 4 nitrogen and oxygen atoms in total. The highest BCUT2D eigenvalue weighted by Crippen LogP contribution is 2.38. The fourth-order valence-corrected chi connectivity index (χ4v) is 4.93. The highest BCUT2D eigenvalue weighted by molar-refractivity contribution is 5.85. The lowest BCUT2D eigenvalue weighted by atomic mass is 9.99. The average Bonchev–Trinajstić information content (AvgIpc) is 3.30. The van der Waals surface area contributed by atoms with Gasteiger partial charge in [-0.25, -0.2) is 0 Å². The third-order valence-electron chi connectivity index (χ3n) is 6.61. The Morgan fingerprint density at radius 3 is 2.53 bits per heavy atom. The number of hydrogen-bond donors (Lipinski definition) is 1. The molecule has 2 fully saturated rings. The smallest absolute Gasteiger partial charge is 0.234 e. The van der Waals surface area contributed by atoms with Gasteiger partial charge in [0.25, 0.3) is 0 Å². The van der Waals surface area contributed by atoms with Gasteiger partial charge in [0.15, 0.2) is 5.76 Å². The van der Waals surface area contributed by atoms with Crippen LogP contribution in [-0.4, -0.2) is 19.2 Å². The van der Waals surface area contributed by atoms with Crippen molar-refractivity contribution in [3.63, 3.8) is 0 Å². The minimum absolute atomic E-state index is 0. The van der Waals surface area contributed by atoms with Gasteiger partial charge in [-0.3, -0.25) is 4.79 Å². The molecule has 1 aromatic carbocycles. The van der Waals surface area contributed by atoms with Crippen molar-refractivity contribution in [3.8, 4) is 5.75 Å². The van der Waals surface area contributed by atoms with Gasteiger partial charge in [0.05, 0.1) is 12.0 Å². The van der Waals surface area contributed by atoms with E-state index in [1.807, 2.05) is 24.3 Å². The molecular formula is C25H36ClNO3. The van der Waals surface area contributed by atoms with Crippen LogP contribution in [0.4, 0.5) is 0 Å². The molecule has 166 valence electrons. The summed E-state index contributed by atoms with van der Waals surface area (Å²) in [6.07, 6.45) is 14.6. The van der Waals surface area contributed by atoms with Crippen molar-refractivity contribution in [3.05, 3.63) is 40.2 Å². The molecule has 0 bridgehead atoms. The number of halogens is 1. The Morgan fingerprint density at radius 1 is 0.967 bits per heavy atom. The summed E-state index contributed by atoms with van der Waals surface area (Å²) in [5.74, 6) is 1.59. The molecule has 1 N–H and O–H groups in total. The number of hydrogen-bond acceptors (Lipinski definition) is 4. The number of fused-ring (bicyclic) bond motifs is 1. The minimum atomic E-state index is -0.00266. The molecule has 0 amide bonds. The molecule has 5 heteroatoms. The van der Waals surface area contributed by atoms with Gasteiger partial charge in [0.1, 0.15) is 5.58 Å². The second-order valence-corrected chi connectivity index (χ2v) is 8.80.